The first-order valence-corrected chi connectivity index (χ1v) is 6.26. The number of aliphatic hydroxyl groups is 1. The van der Waals surface area contributed by atoms with Crippen LogP contribution >= 0.6 is 0 Å². The summed E-state index contributed by atoms with van der Waals surface area (Å²) in [5, 5.41) is 17.7. The van der Waals surface area contributed by atoms with Crippen molar-refractivity contribution < 1.29 is 19.8 Å². The van der Waals surface area contributed by atoms with E-state index in [1.54, 1.807) is 32.2 Å². The van der Waals surface area contributed by atoms with Crippen LogP contribution in [0.4, 0.5) is 0 Å². The lowest BCUT2D eigenvalue weighted by Crippen LogP contribution is -2.37. The summed E-state index contributed by atoms with van der Waals surface area (Å²) in [6, 6.07) is 4.84. The van der Waals surface area contributed by atoms with Crippen molar-refractivity contribution in [2.75, 3.05) is 13.7 Å². The molecule has 0 fully saturated rings. The lowest BCUT2D eigenvalue weighted by atomic mass is 10.0. The van der Waals surface area contributed by atoms with E-state index in [1.807, 2.05) is 6.92 Å². The van der Waals surface area contributed by atoms with Crippen molar-refractivity contribution in [2.24, 2.45) is 0 Å². The Morgan fingerprint density at radius 2 is 2.05 bits per heavy atom. The predicted octanol–water partition coefficient (Wildman–Crippen LogP) is 1.55. The number of benzene rings is 1. The molecule has 108 valence electrons. The number of carbonyl (C=O) groups excluding carboxylic acids is 1. The first-order valence-electron chi connectivity index (χ1n) is 6.26. The average molecular weight is 277 g/mol. The Hall–Kier alpha value is -2.14. The van der Waals surface area contributed by atoms with Gasteiger partial charge in [-0.3, -0.25) is 4.79 Å². The Kier molecular flexibility index (Phi) is 5.46. The van der Waals surface area contributed by atoms with E-state index in [2.05, 4.69) is 0 Å². The highest BCUT2D eigenvalue weighted by atomic mass is 16.4. The fraction of sp³-hybridized carbons (Fsp3) is 0.333. The van der Waals surface area contributed by atoms with Crippen molar-refractivity contribution in [3.63, 3.8) is 0 Å². The Balaban J connectivity index is 3.06. The van der Waals surface area contributed by atoms with Crippen LogP contribution in [0.5, 0.6) is 0 Å². The van der Waals surface area contributed by atoms with Crippen molar-refractivity contribution in [1.29, 1.82) is 0 Å². The van der Waals surface area contributed by atoms with Crippen molar-refractivity contribution in [3.8, 4) is 0 Å². The number of carbonyl (C=O) groups is 2. The molecule has 0 aliphatic heterocycles. The second-order valence-electron chi connectivity index (χ2n) is 4.69. The molecule has 1 unspecified atom stereocenters. The second-order valence-corrected chi connectivity index (χ2v) is 4.69. The van der Waals surface area contributed by atoms with E-state index in [0.717, 1.165) is 11.6 Å². The molecule has 5 nitrogen and oxygen atoms in total. The third-order valence-electron chi connectivity index (χ3n) is 3.18. The van der Waals surface area contributed by atoms with E-state index in [4.69, 9.17) is 10.2 Å². The van der Waals surface area contributed by atoms with Gasteiger partial charge in [0.2, 0.25) is 0 Å². The zero-order chi connectivity index (χ0) is 15.3. The Labute approximate surface area is 118 Å². The van der Waals surface area contributed by atoms with Crippen molar-refractivity contribution in [1.82, 2.24) is 4.90 Å². The average Bonchev–Trinajstić information content (AvgIpc) is 2.43. The summed E-state index contributed by atoms with van der Waals surface area (Å²) in [4.78, 5) is 24.2. The highest BCUT2D eigenvalue weighted by molar-refractivity contribution is 5.95. The summed E-state index contributed by atoms with van der Waals surface area (Å²) in [6.45, 7) is 3.48. The van der Waals surface area contributed by atoms with Gasteiger partial charge in [-0.2, -0.15) is 0 Å². The standard InChI is InChI=1S/C15H19NO4/c1-10-4-5-13(8-12(10)6-7-14(18)19)15(20)16(3)11(2)9-17/h4-8,11,17H,9H2,1-3H3,(H,18,19)/b7-6+. The molecule has 0 aliphatic carbocycles. The van der Waals surface area contributed by atoms with E-state index >= 15 is 0 Å². The van der Waals surface area contributed by atoms with Gasteiger partial charge in [-0.15, -0.1) is 0 Å². The van der Waals surface area contributed by atoms with Crippen LogP contribution in [-0.4, -0.2) is 46.7 Å². The summed E-state index contributed by atoms with van der Waals surface area (Å²) in [5.41, 5.74) is 2.03. The summed E-state index contributed by atoms with van der Waals surface area (Å²) >= 11 is 0. The van der Waals surface area contributed by atoms with Gasteiger partial charge in [0.15, 0.2) is 0 Å². The largest absolute Gasteiger partial charge is 0.478 e. The van der Waals surface area contributed by atoms with Crippen LogP contribution in [0.1, 0.15) is 28.4 Å². The summed E-state index contributed by atoms with van der Waals surface area (Å²) in [5.74, 6) is -1.25. The summed E-state index contributed by atoms with van der Waals surface area (Å²) in [6.07, 6.45) is 2.50. The van der Waals surface area contributed by atoms with Crippen LogP contribution in [0.25, 0.3) is 6.08 Å². The number of aliphatic hydroxyl groups excluding tert-OH is 1. The van der Waals surface area contributed by atoms with Crippen LogP contribution in [-0.2, 0) is 4.79 Å². The molecule has 1 rings (SSSR count). The van der Waals surface area contributed by atoms with Crippen molar-refractivity contribution in [3.05, 3.63) is 41.0 Å². The van der Waals surface area contributed by atoms with E-state index in [-0.39, 0.29) is 18.6 Å². The lowest BCUT2D eigenvalue weighted by molar-refractivity contribution is -0.131. The van der Waals surface area contributed by atoms with Crippen LogP contribution in [0.15, 0.2) is 24.3 Å². The van der Waals surface area contributed by atoms with Crippen LogP contribution in [0.2, 0.25) is 0 Å². The Morgan fingerprint density at radius 3 is 2.60 bits per heavy atom. The number of likely N-dealkylation sites (N-methyl/N-ethyl adjacent to an activating group) is 1. The molecule has 0 radical (unpaired) electrons. The molecule has 2 N–H and O–H groups in total. The number of amides is 1. The quantitative estimate of drug-likeness (QED) is 0.800. The number of carboxylic acids is 1. The minimum Gasteiger partial charge on any atom is -0.478 e. The van der Waals surface area contributed by atoms with Gasteiger partial charge in [-0.05, 0) is 43.2 Å². The van der Waals surface area contributed by atoms with Gasteiger partial charge >= 0.3 is 5.97 Å². The van der Waals surface area contributed by atoms with E-state index in [0.29, 0.717) is 11.1 Å². The molecule has 5 heteroatoms. The van der Waals surface area contributed by atoms with Gasteiger partial charge in [-0.25, -0.2) is 4.79 Å². The zero-order valence-electron chi connectivity index (χ0n) is 11.8. The van der Waals surface area contributed by atoms with Crippen LogP contribution in [0.3, 0.4) is 0 Å². The number of hydrogen-bond acceptors (Lipinski definition) is 3. The molecule has 0 aromatic heterocycles. The predicted molar refractivity (Wildman–Crippen MR) is 76.5 cm³/mol. The smallest absolute Gasteiger partial charge is 0.328 e. The van der Waals surface area contributed by atoms with Crippen LogP contribution < -0.4 is 0 Å². The third kappa shape index (κ3) is 3.93. The minimum atomic E-state index is -1.04. The maximum Gasteiger partial charge on any atom is 0.328 e. The normalized spacial score (nSPS) is 12.4. The van der Waals surface area contributed by atoms with Crippen molar-refractivity contribution in [2.45, 2.75) is 19.9 Å². The van der Waals surface area contributed by atoms with E-state index < -0.39 is 5.97 Å². The maximum absolute atomic E-state index is 12.2. The third-order valence-corrected chi connectivity index (χ3v) is 3.18. The van der Waals surface area contributed by atoms with Gasteiger partial charge in [0, 0.05) is 18.7 Å². The van der Waals surface area contributed by atoms with Gasteiger partial charge < -0.3 is 15.1 Å². The molecule has 0 spiro atoms. The first kappa shape index (κ1) is 15.9. The SMILES string of the molecule is Cc1ccc(C(=O)N(C)C(C)CO)cc1/C=C/C(=O)O. The molecule has 0 saturated heterocycles. The molecule has 0 saturated carbocycles. The topological polar surface area (TPSA) is 77.8 Å². The monoisotopic (exact) mass is 277 g/mol. The Morgan fingerprint density at radius 1 is 1.40 bits per heavy atom. The van der Waals surface area contributed by atoms with E-state index in [9.17, 15) is 9.59 Å². The van der Waals surface area contributed by atoms with Gasteiger partial charge in [0.05, 0.1) is 12.6 Å². The van der Waals surface area contributed by atoms with Gasteiger partial charge in [0.25, 0.3) is 5.91 Å². The molecule has 20 heavy (non-hydrogen) atoms. The molecule has 1 aromatic rings. The zero-order valence-corrected chi connectivity index (χ0v) is 11.8. The van der Waals surface area contributed by atoms with Crippen molar-refractivity contribution >= 4 is 18.0 Å². The number of nitrogens with zero attached hydrogens (tertiary/aromatic N) is 1. The molecular formula is C15H19NO4. The molecular weight excluding hydrogens is 258 g/mol. The second kappa shape index (κ2) is 6.86. The summed E-state index contributed by atoms with van der Waals surface area (Å²) in [7, 11) is 1.62. The number of carboxylic acid groups (broad SMARTS) is 1. The summed E-state index contributed by atoms with van der Waals surface area (Å²) < 4.78 is 0. The molecule has 1 aromatic carbocycles. The van der Waals surface area contributed by atoms with Crippen LogP contribution in [0, 0.1) is 6.92 Å². The van der Waals surface area contributed by atoms with E-state index in [1.165, 1.54) is 11.0 Å². The lowest BCUT2D eigenvalue weighted by Gasteiger charge is -2.23. The molecule has 1 atom stereocenters. The molecule has 0 aliphatic rings. The van der Waals surface area contributed by atoms with Gasteiger partial charge in [-0.1, -0.05) is 6.07 Å². The molecule has 1 amide bonds. The molecule has 0 bridgehead atoms. The molecule has 0 heterocycles. The number of hydrogen-bond donors (Lipinski definition) is 2. The van der Waals surface area contributed by atoms with Gasteiger partial charge in [0.1, 0.15) is 0 Å². The Bertz CT molecular complexity index is 537. The highest BCUT2D eigenvalue weighted by Crippen LogP contribution is 2.15. The fourth-order valence-electron chi connectivity index (χ4n) is 1.64. The fourth-order valence-corrected chi connectivity index (χ4v) is 1.64. The number of aliphatic carboxylic acids is 1. The maximum atomic E-state index is 12.2. The minimum absolute atomic E-state index is 0.111. The number of rotatable bonds is 5. The highest BCUT2D eigenvalue weighted by Gasteiger charge is 2.17. The number of aryl methyl sites for hydroxylation is 1. The first-order chi connectivity index (χ1) is 9.36.